The van der Waals surface area contributed by atoms with E-state index in [4.69, 9.17) is 35.9 Å². The SMILES string of the molecule is CC(=O)OC[C@H]1O[C@@H](n2c(O)c(C=C3C=Nc4ccccc43)sc2=S)[C@@H](OC(C)=O)[C@@H](OC(C)=O)[C@H]1OC(C)=O. The number of aromatic hydroxyl groups is 1. The average molecular weight is 591 g/mol. The maximum absolute atomic E-state index is 12.2. The third-order valence-corrected chi connectivity index (χ3v) is 7.25. The Balaban J connectivity index is 1.81. The van der Waals surface area contributed by atoms with Crippen molar-refractivity contribution in [3.63, 3.8) is 0 Å². The summed E-state index contributed by atoms with van der Waals surface area (Å²) in [5.41, 5.74) is 2.37. The molecule has 0 amide bonds. The van der Waals surface area contributed by atoms with E-state index in [1.807, 2.05) is 24.3 Å². The van der Waals surface area contributed by atoms with Crippen LogP contribution in [0.3, 0.4) is 0 Å². The van der Waals surface area contributed by atoms with E-state index in [9.17, 15) is 24.3 Å². The fraction of sp³-hybridized carbons (Fsp3) is 0.385. The molecule has 0 bridgehead atoms. The van der Waals surface area contributed by atoms with Gasteiger partial charge < -0.3 is 28.8 Å². The molecule has 0 spiro atoms. The number of ether oxygens (including phenoxy) is 5. The second-order valence-corrected chi connectivity index (χ2v) is 10.6. The van der Waals surface area contributed by atoms with Crippen molar-refractivity contribution < 1.29 is 48.0 Å². The first-order valence-corrected chi connectivity index (χ1v) is 13.3. The third kappa shape index (κ3) is 6.29. The van der Waals surface area contributed by atoms with Crippen molar-refractivity contribution in [2.45, 2.75) is 58.3 Å². The van der Waals surface area contributed by atoms with Gasteiger partial charge in [-0.1, -0.05) is 18.2 Å². The van der Waals surface area contributed by atoms with E-state index >= 15 is 0 Å². The van der Waals surface area contributed by atoms with Crippen molar-refractivity contribution >= 4 is 71.0 Å². The molecule has 14 heteroatoms. The predicted molar refractivity (Wildman–Crippen MR) is 144 cm³/mol. The zero-order chi connectivity index (χ0) is 29.1. The molecule has 3 heterocycles. The van der Waals surface area contributed by atoms with Crippen molar-refractivity contribution in [3.05, 3.63) is 38.7 Å². The number of carbonyl (C=O) groups excluding carboxylic acids is 4. The Kier molecular flexibility index (Phi) is 8.81. The van der Waals surface area contributed by atoms with Gasteiger partial charge in [-0.3, -0.25) is 28.7 Å². The van der Waals surface area contributed by atoms with E-state index in [-0.39, 0.29) is 9.83 Å². The van der Waals surface area contributed by atoms with Crippen LogP contribution in [0.1, 0.15) is 44.4 Å². The lowest BCUT2D eigenvalue weighted by Crippen LogP contribution is -2.60. The fourth-order valence-electron chi connectivity index (χ4n) is 4.42. The number of allylic oxidation sites excluding steroid dienone is 1. The van der Waals surface area contributed by atoms with Crippen LogP contribution in [-0.4, -0.2) is 70.8 Å². The van der Waals surface area contributed by atoms with Crippen LogP contribution in [0.2, 0.25) is 0 Å². The molecule has 12 nitrogen and oxygen atoms in total. The van der Waals surface area contributed by atoms with Crippen LogP contribution in [0.15, 0.2) is 29.3 Å². The summed E-state index contributed by atoms with van der Waals surface area (Å²) in [7, 11) is 0. The normalized spacial score (nSPS) is 24.3. The summed E-state index contributed by atoms with van der Waals surface area (Å²) >= 11 is 6.61. The minimum absolute atomic E-state index is 0.133. The summed E-state index contributed by atoms with van der Waals surface area (Å²) in [5.74, 6) is -3.25. The Labute approximate surface area is 237 Å². The summed E-state index contributed by atoms with van der Waals surface area (Å²) < 4.78 is 29.0. The number of hydrogen-bond acceptors (Lipinski definition) is 13. The lowest BCUT2D eigenvalue weighted by molar-refractivity contribution is -0.269. The summed E-state index contributed by atoms with van der Waals surface area (Å²) in [4.78, 5) is 52.5. The number of hydrogen-bond donors (Lipinski definition) is 1. The molecule has 1 N–H and O–H groups in total. The van der Waals surface area contributed by atoms with Crippen molar-refractivity contribution in [1.82, 2.24) is 4.57 Å². The number of carbonyl (C=O) groups is 4. The molecule has 212 valence electrons. The second-order valence-electron chi connectivity index (χ2n) is 8.89. The molecule has 1 saturated heterocycles. The van der Waals surface area contributed by atoms with Crippen LogP contribution >= 0.6 is 23.6 Å². The van der Waals surface area contributed by atoms with Gasteiger partial charge in [-0.2, -0.15) is 0 Å². The molecule has 0 radical (unpaired) electrons. The molecule has 1 aromatic heterocycles. The van der Waals surface area contributed by atoms with E-state index < -0.39 is 61.1 Å². The molecule has 2 aromatic rings. The largest absolute Gasteiger partial charge is 0.493 e. The molecule has 0 aliphatic carbocycles. The minimum Gasteiger partial charge on any atom is -0.493 e. The first-order valence-electron chi connectivity index (χ1n) is 12.1. The number of fused-ring (bicyclic) bond motifs is 1. The second kappa shape index (κ2) is 12.1. The Bertz CT molecular complexity index is 1460. The zero-order valence-corrected chi connectivity index (χ0v) is 23.5. The maximum Gasteiger partial charge on any atom is 0.303 e. The highest BCUT2D eigenvalue weighted by Crippen LogP contribution is 2.41. The molecule has 0 unspecified atom stereocenters. The van der Waals surface area contributed by atoms with Gasteiger partial charge in [0.2, 0.25) is 5.88 Å². The van der Waals surface area contributed by atoms with Gasteiger partial charge in [-0.25, -0.2) is 0 Å². The molecule has 5 atom stereocenters. The first kappa shape index (κ1) is 29.1. The Morgan fingerprint density at radius 3 is 2.27 bits per heavy atom. The van der Waals surface area contributed by atoms with Crippen LogP contribution in [0.5, 0.6) is 5.88 Å². The lowest BCUT2D eigenvalue weighted by atomic mass is 9.97. The predicted octanol–water partition coefficient (Wildman–Crippen LogP) is 3.50. The molecule has 4 rings (SSSR count). The number of benzene rings is 1. The van der Waals surface area contributed by atoms with Gasteiger partial charge in [0.15, 0.2) is 28.5 Å². The number of aromatic nitrogens is 1. The van der Waals surface area contributed by atoms with Crippen LogP contribution in [0.4, 0.5) is 5.69 Å². The van der Waals surface area contributed by atoms with E-state index in [0.29, 0.717) is 4.88 Å². The molecule has 1 fully saturated rings. The number of nitrogens with zero attached hydrogens (tertiary/aromatic N) is 2. The fourth-order valence-corrected chi connectivity index (χ4v) is 5.73. The van der Waals surface area contributed by atoms with Crippen LogP contribution in [0.25, 0.3) is 11.6 Å². The van der Waals surface area contributed by atoms with Gasteiger partial charge in [0.05, 0.1) is 10.6 Å². The summed E-state index contributed by atoms with van der Waals surface area (Å²) in [5, 5.41) is 11.3. The number of rotatable bonds is 7. The molecule has 1 aromatic carbocycles. The lowest BCUT2D eigenvalue weighted by Gasteiger charge is -2.44. The highest BCUT2D eigenvalue weighted by Gasteiger charge is 2.53. The van der Waals surface area contributed by atoms with Crippen molar-refractivity contribution in [2.75, 3.05) is 6.61 Å². The zero-order valence-electron chi connectivity index (χ0n) is 21.9. The van der Waals surface area contributed by atoms with Gasteiger partial charge in [0.1, 0.15) is 12.7 Å². The standard InChI is InChI=1S/C26H26N2O10S2/c1-12(29)34-11-19-21(35-13(2)30)22(36-14(3)31)23(37-15(4)32)25(38-19)28-24(33)20(40-26(28)39)9-16-10-27-18-8-6-5-7-17(16)18/h5-10,19,21-23,25,33H,11H2,1-4H3/t19-,21+,22+,23+,25-/m1/s1. The average Bonchev–Trinajstić information content (AvgIpc) is 3.40. The molecular weight excluding hydrogens is 564 g/mol. The number of thiazole rings is 1. The van der Waals surface area contributed by atoms with Crippen LogP contribution in [0, 0.1) is 3.95 Å². The van der Waals surface area contributed by atoms with E-state index in [1.54, 1.807) is 12.3 Å². The quantitative estimate of drug-likeness (QED) is 0.287. The van der Waals surface area contributed by atoms with Gasteiger partial charge in [0.25, 0.3) is 0 Å². The molecule has 0 saturated carbocycles. The van der Waals surface area contributed by atoms with Gasteiger partial charge in [0, 0.05) is 45.0 Å². The van der Waals surface area contributed by atoms with E-state index in [2.05, 4.69) is 4.99 Å². The van der Waals surface area contributed by atoms with Crippen molar-refractivity contribution in [2.24, 2.45) is 4.99 Å². The van der Waals surface area contributed by atoms with Gasteiger partial charge in [-0.15, -0.1) is 11.3 Å². The van der Waals surface area contributed by atoms with Gasteiger partial charge in [-0.05, 0) is 24.4 Å². The first-order chi connectivity index (χ1) is 19.0. The summed E-state index contributed by atoms with van der Waals surface area (Å²) in [6.07, 6.45) is -3.34. The van der Waals surface area contributed by atoms with Crippen LogP contribution < -0.4 is 0 Å². The molecular formula is C26H26N2O10S2. The van der Waals surface area contributed by atoms with Gasteiger partial charge >= 0.3 is 23.9 Å². The highest BCUT2D eigenvalue weighted by atomic mass is 32.1. The number of para-hydroxylation sites is 1. The third-order valence-electron chi connectivity index (χ3n) is 5.91. The topological polar surface area (TPSA) is 152 Å². The molecule has 2 aliphatic rings. The molecule has 2 aliphatic heterocycles. The smallest absolute Gasteiger partial charge is 0.303 e. The maximum atomic E-state index is 12.2. The van der Waals surface area contributed by atoms with E-state index in [1.165, 1.54) is 11.5 Å². The van der Waals surface area contributed by atoms with E-state index in [0.717, 1.165) is 48.9 Å². The highest BCUT2D eigenvalue weighted by molar-refractivity contribution is 7.73. The monoisotopic (exact) mass is 590 g/mol. The van der Waals surface area contributed by atoms with Crippen molar-refractivity contribution in [3.8, 4) is 5.88 Å². The number of esters is 4. The summed E-state index contributed by atoms with van der Waals surface area (Å²) in [6, 6.07) is 7.48. The minimum atomic E-state index is -1.42. The Morgan fingerprint density at radius 1 is 1.00 bits per heavy atom. The summed E-state index contributed by atoms with van der Waals surface area (Å²) in [6.45, 7) is 4.16. The Hall–Kier alpha value is -3.88. The Morgan fingerprint density at radius 2 is 1.62 bits per heavy atom. The molecule has 40 heavy (non-hydrogen) atoms. The van der Waals surface area contributed by atoms with Crippen LogP contribution in [-0.2, 0) is 42.9 Å². The number of aliphatic imine (C=N–C) groups is 1. The van der Waals surface area contributed by atoms with Crippen molar-refractivity contribution in [1.29, 1.82) is 0 Å².